The largest absolute Gasteiger partial charge is 0.465 e. The van der Waals surface area contributed by atoms with Crippen LogP contribution in [0.3, 0.4) is 0 Å². The summed E-state index contributed by atoms with van der Waals surface area (Å²) in [6.45, 7) is 0. The lowest BCUT2D eigenvalue weighted by atomic mass is 9.77. The van der Waals surface area contributed by atoms with Gasteiger partial charge in [0.1, 0.15) is 0 Å². The predicted molar refractivity (Wildman–Crippen MR) is 90.6 cm³/mol. The fourth-order valence-corrected chi connectivity index (χ4v) is 3.82. The van der Waals surface area contributed by atoms with E-state index in [4.69, 9.17) is 4.74 Å². The lowest BCUT2D eigenvalue weighted by Crippen LogP contribution is -2.29. The molecule has 0 bridgehead atoms. The first kappa shape index (κ1) is 14.1. The molecule has 0 unspecified atom stereocenters. The van der Waals surface area contributed by atoms with E-state index in [0.29, 0.717) is 17.4 Å². The first-order valence-corrected chi connectivity index (χ1v) is 7.98. The molecule has 0 radical (unpaired) electrons. The highest BCUT2D eigenvalue weighted by Gasteiger charge is 2.37. The molecular formula is C20H19NO2. The zero-order valence-corrected chi connectivity index (χ0v) is 13.0. The summed E-state index contributed by atoms with van der Waals surface area (Å²) in [5.41, 5.74) is 4.40. The third-order valence-corrected chi connectivity index (χ3v) is 4.96. The molecule has 23 heavy (non-hydrogen) atoms. The maximum Gasteiger partial charge on any atom is 0.337 e. The molecule has 0 saturated heterocycles. The van der Waals surface area contributed by atoms with E-state index < -0.39 is 0 Å². The summed E-state index contributed by atoms with van der Waals surface area (Å²) in [5, 5.41) is 3.69. The molecular weight excluding hydrogens is 286 g/mol. The molecule has 0 spiro atoms. The van der Waals surface area contributed by atoms with Gasteiger partial charge in [0.25, 0.3) is 0 Å². The Morgan fingerprint density at radius 2 is 1.91 bits per heavy atom. The Kier molecular flexibility index (Phi) is 3.41. The van der Waals surface area contributed by atoms with Crippen LogP contribution in [0.2, 0.25) is 0 Å². The topological polar surface area (TPSA) is 38.3 Å². The van der Waals surface area contributed by atoms with E-state index in [1.165, 1.54) is 23.9 Å². The number of anilines is 1. The summed E-state index contributed by atoms with van der Waals surface area (Å²) in [4.78, 5) is 11.6. The second kappa shape index (κ2) is 5.58. The van der Waals surface area contributed by atoms with Crippen molar-refractivity contribution in [2.45, 2.75) is 18.4 Å². The molecule has 3 atom stereocenters. The number of methoxy groups -OCH3 is 1. The molecule has 1 aliphatic carbocycles. The van der Waals surface area contributed by atoms with Crippen LogP contribution in [0.1, 0.15) is 39.9 Å². The molecule has 0 saturated carbocycles. The van der Waals surface area contributed by atoms with Crippen molar-refractivity contribution in [3.8, 4) is 0 Å². The van der Waals surface area contributed by atoms with Gasteiger partial charge in [-0.1, -0.05) is 42.5 Å². The van der Waals surface area contributed by atoms with Crippen LogP contribution in [-0.2, 0) is 4.74 Å². The maximum absolute atomic E-state index is 11.6. The predicted octanol–water partition coefficient (Wildman–Crippen LogP) is 4.30. The van der Waals surface area contributed by atoms with Crippen LogP contribution in [0.15, 0.2) is 60.7 Å². The van der Waals surface area contributed by atoms with Gasteiger partial charge < -0.3 is 10.1 Å². The SMILES string of the molecule is COC(=O)c1ccc([C@H]2Nc3ccccc3[C@H]3C=CC[C@H]32)cc1. The van der Waals surface area contributed by atoms with Gasteiger partial charge in [0, 0.05) is 11.6 Å². The van der Waals surface area contributed by atoms with E-state index in [2.05, 4.69) is 41.7 Å². The van der Waals surface area contributed by atoms with Gasteiger partial charge in [-0.3, -0.25) is 0 Å². The van der Waals surface area contributed by atoms with Crippen molar-refractivity contribution in [1.82, 2.24) is 0 Å². The summed E-state index contributed by atoms with van der Waals surface area (Å²) in [5.74, 6) is 0.700. The maximum atomic E-state index is 11.6. The summed E-state index contributed by atoms with van der Waals surface area (Å²) in [7, 11) is 1.41. The minimum atomic E-state index is -0.293. The van der Waals surface area contributed by atoms with Gasteiger partial charge in [-0.05, 0) is 41.7 Å². The summed E-state index contributed by atoms with van der Waals surface area (Å²) in [6, 6.07) is 16.6. The molecule has 2 aromatic rings. The zero-order valence-electron chi connectivity index (χ0n) is 13.0. The smallest absolute Gasteiger partial charge is 0.337 e. The van der Waals surface area contributed by atoms with Crippen LogP contribution in [0.25, 0.3) is 0 Å². The molecule has 0 aromatic heterocycles. The molecule has 1 N–H and O–H groups in total. The van der Waals surface area contributed by atoms with E-state index >= 15 is 0 Å². The van der Waals surface area contributed by atoms with Crippen molar-refractivity contribution in [3.63, 3.8) is 0 Å². The molecule has 116 valence electrons. The molecule has 3 nitrogen and oxygen atoms in total. The number of carbonyl (C=O) groups is 1. The normalized spacial score (nSPS) is 24.5. The fourth-order valence-electron chi connectivity index (χ4n) is 3.82. The lowest BCUT2D eigenvalue weighted by molar-refractivity contribution is 0.0600. The third-order valence-electron chi connectivity index (χ3n) is 4.96. The average molecular weight is 305 g/mol. The molecule has 0 amide bonds. The molecule has 1 heterocycles. The number of allylic oxidation sites excluding steroid dienone is 2. The Labute approximate surface area is 136 Å². The average Bonchev–Trinajstić information content (AvgIpc) is 3.10. The second-order valence-electron chi connectivity index (χ2n) is 6.18. The highest BCUT2D eigenvalue weighted by Crippen LogP contribution is 2.49. The van der Waals surface area contributed by atoms with E-state index in [0.717, 1.165) is 6.42 Å². The fraction of sp³-hybridized carbons (Fsp3) is 0.250. The van der Waals surface area contributed by atoms with Crippen LogP contribution in [-0.4, -0.2) is 13.1 Å². The zero-order chi connectivity index (χ0) is 15.8. The Hall–Kier alpha value is -2.55. The first-order chi connectivity index (χ1) is 11.3. The van der Waals surface area contributed by atoms with Crippen molar-refractivity contribution in [2.24, 2.45) is 5.92 Å². The third kappa shape index (κ3) is 2.33. The molecule has 4 rings (SSSR count). The number of benzene rings is 2. The van der Waals surface area contributed by atoms with Gasteiger partial charge in [-0.15, -0.1) is 0 Å². The Morgan fingerprint density at radius 3 is 2.70 bits per heavy atom. The number of ether oxygens (including phenoxy) is 1. The number of esters is 1. The standard InChI is InChI=1S/C20H19NO2/c1-23-20(22)14-11-9-13(10-12-14)19-17-7-4-6-15(17)16-5-2-3-8-18(16)21-19/h2-6,8-12,15,17,19,21H,7H2,1H3/t15-,17-,19-/m1/s1. The first-order valence-electron chi connectivity index (χ1n) is 7.98. The molecule has 0 fully saturated rings. The van der Waals surface area contributed by atoms with E-state index in [9.17, 15) is 4.79 Å². The number of nitrogens with one attached hydrogen (secondary N) is 1. The van der Waals surface area contributed by atoms with Crippen molar-refractivity contribution in [1.29, 1.82) is 0 Å². The molecule has 2 aromatic carbocycles. The van der Waals surface area contributed by atoms with Crippen molar-refractivity contribution in [3.05, 3.63) is 77.4 Å². The number of rotatable bonds is 2. The molecule has 1 aliphatic heterocycles. The minimum absolute atomic E-state index is 0.261. The molecule has 3 heteroatoms. The van der Waals surface area contributed by atoms with E-state index in [1.54, 1.807) is 0 Å². The van der Waals surface area contributed by atoms with Crippen LogP contribution in [0.5, 0.6) is 0 Å². The van der Waals surface area contributed by atoms with Gasteiger partial charge in [-0.2, -0.15) is 0 Å². The molecule has 2 aliphatic rings. The van der Waals surface area contributed by atoms with Crippen LogP contribution in [0.4, 0.5) is 5.69 Å². The second-order valence-corrected chi connectivity index (χ2v) is 6.18. The van der Waals surface area contributed by atoms with Crippen molar-refractivity contribution >= 4 is 11.7 Å². The number of hydrogen-bond acceptors (Lipinski definition) is 3. The summed E-state index contributed by atoms with van der Waals surface area (Å²) < 4.78 is 4.77. The quantitative estimate of drug-likeness (QED) is 0.664. The minimum Gasteiger partial charge on any atom is -0.465 e. The van der Waals surface area contributed by atoms with Gasteiger partial charge in [0.05, 0.1) is 18.7 Å². The number of fused-ring (bicyclic) bond motifs is 3. The van der Waals surface area contributed by atoms with Gasteiger partial charge >= 0.3 is 5.97 Å². The van der Waals surface area contributed by atoms with Crippen molar-refractivity contribution in [2.75, 3.05) is 12.4 Å². The Bertz CT molecular complexity index is 763. The highest BCUT2D eigenvalue weighted by molar-refractivity contribution is 5.89. The van der Waals surface area contributed by atoms with Gasteiger partial charge in [0.15, 0.2) is 0 Å². The van der Waals surface area contributed by atoms with Crippen LogP contribution < -0.4 is 5.32 Å². The van der Waals surface area contributed by atoms with Crippen LogP contribution in [0, 0.1) is 5.92 Å². The number of para-hydroxylation sites is 1. The number of carbonyl (C=O) groups excluding carboxylic acids is 1. The van der Waals surface area contributed by atoms with E-state index in [-0.39, 0.29) is 12.0 Å². The highest BCUT2D eigenvalue weighted by atomic mass is 16.5. The van der Waals surface area contributed by atoms with Gasteiger partial charge in [0.2, 0.25) is 0 Å². The summed E-state index contributed by atoms with van der Waals surface area (Å²) in [6.07, 6.45) is 5.70. The van der Waals surface area contributed by atoms with Crippen LogP contribution >= 0.6 is 0 Å². The Morgan fingerprint density at radius 1 is 1.13 bits per heavy atom. The number of hydrogen-bond donors (Lipinski definition) is 1. The van der Waals surface area contributed by atoms with E-state index in [1.807, 2.05) is 24.3 Å². The van der Waals surface area contributed by atoms with Gasteiger partial charge in [-0.25, -0.2) is 4.79 Å². The lowest BCUT2D eigenvalue weighted by Gasteiger charge is -2.37. The monoisotopic (exact) mass is 305 g/mol. The summed E-state index contributed by atoms with van der Waals surface area (Å²) >= 11 is 0. The Balaban J connectivity index is 1.68. The van der Waals surface area contributed by atoms with Crippen molar-refractivity contribution < 1.29 is 9.53 Å².